The summed E-state index contributed by atoms with van der Waals surface area (Å²) in [6.07, 6.45) is -2.77. The summed E-state index contributed by atoms with van der Waals surface area (Å²) in [5.41, 5.74) is -0.790. The molecule has 0 aromatic carbocycles. The highest BCUT2D eigenvalue weighted by Crippen LogP contribution is 2.29. The number of pyridine rings is 1. The summed E-state index contributed by atoms with van der Waals surface area (Å²) < 4.78 is 36.8. The van der Waals surface area contributed by atoms with Crippen molar-refractivity contribution in [2.75, 3.05) is 12.3 Å². The number of nitrogens with zero attached hydrogens (tertiary/aromatic N) is 1. The Morgan fingerprint density at radius 3 is 2.67 bits per heavy atom. The second kappa shape index (κ2) is 6.63. The van der Waals surface area contributed by atoms with Crippen molar-refractivity contribution in [1.82, 2.24) is 10.3 Å². The largest absolute Gasteiger partial charge is 0.417 e. The molecule has 7 heteroatoms. The quantitative estimate of drug-likeness (QED) is 0.842. The van der Waals surface area contributed by atoms with Gasteiger partial charge in [-0.25, -0.2) is 4.98 Å². The molecule has 1 N–H and O–H groups in total. The highest BCUT2D eigenvalue weighted by molar-refractivity contribution is 7.99. The molecular formula is C11H13F3N2OS. The smallest absolute Gasteiger partial charge is 0.355 e. The van der Waals surface area contributed by atoms with E-state index in [1.54, 1.807) is 0 Å². The molecule has 0 saturated carbocycles. The lowest BCUT2D eigenvalue weighted by molar-refractivity contribution is -0.137. The Labute approximate surface area is 107 Å². The van der Waals surface area contributed by atoms with Crippen LogP contribution < -0.4 is 5.32 Å². The van der Waals surface area contributed by atoms with Gasteiger partial charge in [0.05, 0.1) is 16.3 Å². The molecule has 0 saturated heterocycles. The third-order valence-electron chi connectivity index (χ3n) is 1.99. The van der Waals surface area contributed by atoms with E-state index in [4.69, 9.17) is 0 Å². The van der Waals surface area contributed by atoms with Crippen LogP contribution in [0.1, 0.15) is 18.9 Å². The van der Waals surface area contributed by atoms with Crippen LogP contribution in [0.25, 0.3) is 0 Å². The summed E-state index contributed by atoms with van der Waals surface area (Å²) in [4.78, 5) is 14.9. The Morgan fingerprint density at radius 2 is 2.17 bits per heavy atom. The fourth-order valence-corrected chi connectivity index (χ4v) is 1.76. The van der Waals surface area contributed by atoms with Gasteiger partial charge in [0, 0.05) is 12.7 Å². The number of alkyl halides is 3. The lowest BCUT2D eigenvalue weighted by atomic mass is 10.3. The van der Waals surface area contributed by atoms with Crippen LogP contribution in [0.5, 0.6) is 0 Å². The molecule has 0 radical (unpaired) electrons. The molecule has 18 heavy (non-hydrogen) atoms. The van der Waals surface area contributed by atoms with Gasteiger partial charge in [0.2, 0.25) is 5.91 Å². The van der Waals surface area contributed by atoms with Crippen molar-refractivity contribution in [3.05, 3.63) is 23.9 Å². The summed E-state index contributed by atoms with van der Waals surface area (Å²) in [5, 5.41) is 3.07. The molecule has 0 atom stereocenters. The SMILES string of the molecule is CCCNC(=O)CSc1ccc(C(F)(F)F)cn1. The van der Waals surface area contributed by atoms with Crippen LogP contribution in [0, 0.1) is 0 Å². The summed E-state index contributed by atoms with van der Waals surface area (Å²) >= 11 is 1.11. The maximum atomic E-state index is 12.3. The molecule has 0 unspecified atom stereocenters. The molecule has 0 aliphatic rings. The number of hydrogen-bond donors (Lipinski definition) is 1. The molecular weight excluding hydrogens is 265 g/mol. The summed E-state index contributed by atoms with van der Waals surface area (Å²) in [7, 11) is 0. The van der Waals surface area contributed by atoms with E-state index < -0.39 is 11.7 Å². The minimum atomic E-state index is -4.38. The lowest BCUT2D eigenvalue weighted by Gasteiger charge is -2.06. The number of halogens is 3. The average molecular weight is 278 g/mol. The molecule has 1 rings (SSSR count). The van der Waals surface area contributed by atoms with Crippen molar-refractivity contribution in [3.8, 4) is 0 Å². The number of rotatable bonds is 5. The van der Waals surface area contributed by atoms with Crippen LogP contribution in [0.4, 0.5) is 13.2 Å². The monoisotopic (exact) mass is 278 g/mol. The van der Waals surface area contributed by atoms with Gasteiger partial charge in [-0.2, -0.15) is 13.2 Å². The standard InChI is InChI=1S/C11H13F3N2OS/c1-2-5-15-9(17)7-18-10-4-3-8(6-16-10)11(12,13)14/h3-4,6H,2,5,7H2,1H3,(H,15,17). The van der Waals surface area contributed by atoms with Gasteiger partial charge in [-0.05, 0) is 18.6 Å². The zero-order valence-electron chi connectivity index (χ0n) is 9.75. The van der Waals surface area contributed by atoms with Gasteiger partial charge in [0.1, 0.15) is 0 Å². The van der Waals surface area contributed by atoms with Crippen molar-refractivity contribution >= 4 is 17.7 Å². The van der Waals surface area contributed by atoms with Gasteiger partial charge in [0.25, 0.3) is 0 Å². The molecule has 0 bridgehead atoms. The van der Waals surface area contributed by atoms with Gasteiger partial charge in [-0.15, -0.1) is 0 Å². The molecule has 0 spiro atoms. The first-order chi connectivity index (χ1) is 8.43. The van der Waals surface area contributed by atoms with Crippen LogP contribution in [0.15, 0.2) is 23.4 Å². The first kappa shape index (κ1) is 14.8. The van der Waals surface area contributed by atoms with Gasteiger partial charge >= 0.3 is 6.18 Å². The number of hydrogen-bond acceptors (Lipinski definition) is 3. The van der Waals surface area contributed by atoms with E-state index in [1.807, 2.05) is 6.92 Å². The maximum absolute atomic E-state index is 12.3. The zero-order chi connectivity index (χ0) is 13.6. The Balaban J connectivity index is 2.47. The van der Waals surface area contributed by atoms with Crippen LogP contribution in [-0.2, 0) is 11.0 Å². The fraction of sp³-hybridized carbons (Fsp3) is 0.455. The van der Waals surface area contributed by atoms with Crippen LogP contribution in [-0.4, -0.2) is 23.2 Å². The third kappa shape index (κ3) is 4.95. The zero-order valence-corrected chi connectivity index (χ0v) is 10.6. The minimum Gasteiger partial charge on any atom is -0.355 e. The topological polar surface area (TPSA) is 42.0 Å². The predicted molar refractivity (Wildman–Crippen MR) is 63.3 cm³/mol. The predicted octanol–water partition coefficient (Wildman–Crippen LogP) is 2.72. The Kier molecular flexibility index (Phi) is 5.46. The molecule has 1 aromatic heterocycles. The van der Waals surface area contributed by atoms with Crippen LogP contribution in [0.3, 0.4) is 0 Å². The highest BCUT2D eigenvalue weighted by Gasteiger charge is 2.30. The molecule has 1 amide bonds. The van der Waals surface area contributed by atoms with Gasteiger partial charge < -0.3 is 5.32 Å². The Hall–Kier alpha value is -1.24. The summed E-state index contributed by atoms with van der Waals surface area (Å²) in [6, 6.07) is 2.22. The lowest BCUT2D eigenvalue weighted by Crippen LogP contribution is -2.25. The molecule has 3 nitrogen and oxygen atoms in total. The maximum Gasteiger partial charge on any atom is 0.417 e. The number of nitrogens with one attached hydrogen (secondary N) is 1. The Bertz CT molecular complexity index is 392. The second-order valence-corrected chi connectivity index (χ2v) is 4.52. The van der Waals surface area contributed by atoms with Crippen molar-refractivity contribution in [3.63, 3.8) is 0 Å². The van der Waals surface area contributed by atoms with Gasteiger partial charge in [0.15, 0.2) is 0 Å². The highest BCUT2D eigenvalue weighted by atomic mass is 32.2. The average Bonchev–Trinajstić information content (AvgIpc) is 2.33. The number of amides is 1. The number of carbonyl (C=O) groups excluding carboxylic acids is 1. The molecule has 1 aromatic rings. The molecule has 1 heterocycles. The minimum absolute atomic E-state index is 0.149. The number of carbonyl (C=O) groups is 1. The first-order valence-electron chi connectivity index (χ1n) is 5.36. The number of thioether (sulfide) groups is 1. The third-order valence-corrected chi connectivity index (χ3v) is 2.93. The van der Waals surface area contributed by atoms with E-state index in [2.05, 4.69) is 10.3 Å². The molecule has 0 aliphatic heterocycles. The van der Waals surface area contributed by atoms with Crippen molar-refractivity contribution < 1.29 is 18.0 Å². The number of aromatic nitrogens is 1. The second-order valence-electron chi connectivity index (χ2n) is 3.52. The van der Waals surface area contributed by atoms with E-state index in [-0.39, 0.29) is 11.7 Å². The van der Waals surface area contributed by atoms with Crippen molar-refractivity contribution in [2.24, 2.45) is 0 Å². The Morgan fingerprint density at radius 1 is 1.44 bits per heavy atom. The van der Waals surface area contributed by atoms with Crippen LogP contribution in [0.2, 0.25) is 0 Å². The fourth-order valence-electron chi connectivity index (χ4n) is 1.09. The van der Waals surface area contributed by atoms with Crippen LogP contribution >= 0.6 is 11.8 Å². The summed E-state index contributed by atoms with van der Waals surface area (Å²) in [6.45, 7) is 2.53. The first-order valence-corrected chi connectivity index (χ1v) is 6.34. The van der Waals surface area contributed by atoms with Crippen molar-refractivity contribution in [2.45, 2.75) is 24.5 Å². The van der Waals surface area contributed by atoms with Gasteiger partial charge in [-0.3, -0.25) is 4.79 Å². The molecule has 0 fully saturated rings. The molecule has 100 valence electrons. The van der Waals surface area contributed by atoms with E-state index in [0.717, 1.165) is 30.4 Å². The van der Waals surface area contributed by atoms with Crippen molar-refractivity contribution in [1.29, 1.82) is 0 Å². The van der Waals surface area contributed by atoms with E-state index in [9.17, 15) is 18.0 Å². The molecule has 0 aliphatic carbocycles. The van der Waals surface area contributed by atoms with E-state index in [0.29, 0.717) is 11.6 Å². The summed E-state index contributed by atoms with van der Waals surface area (Å²) in [5.74, 6) is 0.00166. The normalized spacial score (nSPS) is 11.3. The van der Waals surface area contributed by atoms with Gasteiger partial charge in [-0.1, -0.05) is 18.7 Å². The van der Waals surface area contributed by atoms with E-state index in [1.165, 1.54) is 6.07 Å². The van der Waals surface area contributed by atoms with E-state index >= 15 is 0 Å².